The van der Waals surface area contributed by atoms with Gasteiger partial charge in [0.25, 0.3) is 11.8 Å². The van der Waals surface area contributed by atoms with Gasteiger partial charge in [-0.15, -0.1) is 0 Å². The summed E-state index contributed by atoms with van der Waals surface area (Å²) in [5.41, 5.74) is 4.09. The summed E-state index contributed by atoms with van der Waals surface area (Å²) >= 11 is 3.32. The van der Waals surface area contributed by atoms with E-state index in [4.69, 9.17) is 22.5 Å². The molecule has 0 aliphatic carbocycles. The number of carbonyl (C=O) groups is 2. The molecule has 256 valence electrons. The van der Waals surface area contributed by atoms with Crippen LogP contribution in [0.15, 0.2) is 65.3 Å². The van der Waals surface area contributed by atoms with Gasteiger partial charge < -0.3 is 19.1 Å². The second kappa shape index (κ2) is 13.5. The van der Waals surface area contributed by atoms with Crippen molar-refractivity contribution in [2.75, 3.05) is 13.1 Å². The molecular formula is C36H38BBrN8O4. The van der Waals surface area contributed by atoms with Crippen LogP contribution in [-0.4, -0.2) is 72.6 Å². The van der Waals surface area contributed by atoms with Gasteiger partial charge in [0, 0.05) is 32.2 Å². The largest absolute Gasteiger partial charge is 0.516 e. The average molecular weight is 737 g/mol. The normalized spacial score (nSPS) is 20.4. The third kappa shape index (κ3) is 6.84. The summed E-state index contributed by atoms with van der Waals surface area (Å²) < 4.78 is 16.4. The van der Waals surface area contributed by atoms with E-state index in [-0.39, 0.29) is 23.9 Å². The first-order valence-electron chi connectivity index (χ1n) is 16.4. The summed E-state index contributed by atoms with van der Waals surface area (Å²) in [6.45, 7) is 28.3. The van der Waals surface area contributed by atoms with Crippen molar-refractivity contribution in [2.24, 2.45) is 0 Å². The molecule has 0 radical (unpaired) electrons. The first-order chi connectivity index (χ1) is 23.7. The van der Waals surface area contributed by atoms with E-state index >= 15 is 0 Å². The topological polar surface area (TPSA) is 103 Å². The molecule has 0 spiro atoms. The Hall–Kier alpha value is -4.76. The Kier molecular flexibility index (Phi) is 9.48. The van der Waals surface area contributed by atoms with Gasteiger partial charge in [0.15, 0.2) is 11.4 Å². The molecule has 4 aromatic rings. The number of hydrogen-bond acceptors (Lipinski definition) is 6. The highest BCUT2D eigenvalue weighted by atomic mass is 79.9. The molecule has 2 aromatic carbocycles. The van der Waals surface area contributed by atoms with Crippen LogP contribution in [0, 0.1) is 13.1 Å². The molecule has 2 aromatic heterocycles. The van der Waals surface area contributed by atoms with Gasteiger partial charge >= 0.3 is 7.12 Å². The van der Waals surface area contributed by atoms with E-state index < -0.39 is 18.3 Å². The number of carbonyl (C=O) groups excluding carboxylic acids is 2. The monoisotopic (exact) mass is 736 g/mol. The summed E-state index contributed by atoms with van der Waals surface area (Å²) in [6.07, 6.45) is 0. The van der Waals surface area contributed by atoms with Gasteiger partial charge in [0.2, 0.25) is 0 Å². The molecule has 2 atom stereocenters. The molecule has 1 fully saturated rings. The molecule has 0 N–H and O–H groups in total. The molecule has 3 aliphatic heterocycles. The summed E-state index contributed by atoms with van der Waals surface area (Å²) in [7, 11) is -0.590. The third-order valence-corrected chi connectivity index (χ3v) is 10.0. The molecule has 0 unspecified atom stereocenters. The Morgan fingerprint density at radius 2 is 1.18 bits per heavy atom. The molecule has 12 nitrogen and oxygen atoms in total. The Labute approximate surface area is 300 Å². The number of benzene rings is 2. The summed E-state index contributed by atoms with van der Waals surface area (Å²) in [5.74, 6) is -0.0758. The number of aromatic nitrogens is 4. The van der Waals surface area contributed by atoms with E-state index in [9.17, 15) is 9.59 Å². The SMILES string of the molecule is [C-]#[N+]c1ccc(CN2C[C@H](C)n3nc(B4OC(C)(C)C(C)(C)O4)cc3C2=O)cc1.[C-]#[N+]c1ccc(CN2C[C@H](C)n3nc(Br)cc3C2=O)cc1. The van der Waals surface area contributed by atoms with Crippen LogP contribution >= 0.6 is 15.9 Å². The highest BCUT2D eigenvalue weighted by molar-refractivity contribution is 9.10. The van der Waals surface area contributed by atoms with Crippen LogP contribution in [0.25, 0.3) is 9.69 Å². The smallest absolute Gasteiger partial charge is 0.398 e. The van der Waals surface area contributed by atoms with Gasteiger partial charge in [-0.3, -0.25) is 19.0 Å². The zero-order valence-electron chi connectivity index (χ0n) is 28.9. The van der Waals surface area contributed by atoms with Crippen LogP contribution in [0.3, 0.4) is 0 Å². The highest BCUT2D eigenvalue weighted by Gasteiger charge is 2.53. The quantitative estimate of drug-likeness (QED) is 0.175. The van der Waals surface area contributed by atoms with E-state index in [1.54, 1.807) is 45.8 Å². The van der Waals surface area contributed by atoms with Crippen molar-refractivity contribution in [1.29, 1.82) is 0 Å². The van der Waals surface area contributed by atoms with Crippen molar-refractivity contribution in [3.05, 3.63) is 111 Å². The van der Waals surface area contributed by atoms with Crippen molar-refractivity contribution >= 4 is 51.8 Å². The molecular weight excluding hydrogens is 699 g/mol. The average Bonchev–Trinajstić information content (AvgIpc) is 3.77. The van der Waals surface area contributed by atoms with Crippen molar-refractivity contribution in [2.45, 2.75) is 77.9 Å². The molecule has 14 heteroatoms. The lowest BCUT2D eigenvalue weighted by molar-refractivity contribution is 0.00578. The fourth-order valence-electron chi connectivity index (χ4n) is 6.20. The fraction of sp³-hybridized carbons (Fsp3) is 0.389. The lowest BCUT2D eigenvalue weighted by Crippen LogP contribution is -2.42. The van der Waals surface area contributed by atoms with Crippen LogP contribution in [0.2, 0.25) is 0 Å². The van der Waals surface area contributed by atoms with Gasteiger partial charge in [0.05, 0.1) is 42.0 Å². The first kappa shape index (κ1) is 35.1. The summed E-state index contributed by atoms with van der Waals surface area (Å²) in [6, 6.07) is 18.4. The van der Waals surface area contributed by atoms with Crippen molar-refractivity contribution in [1.82, 2.24) is 29.4 Å². The molecule has 2 amide bonds. The minimum Gasteiger partial charge on any atom is -0.398 e. The van der Waals surface area contributed by atoms with Gasteiger partial charge in [-0.25, -0.2) is 9.69 Å². The van der Waals surface area contributed by atoms with Crippen LogP contribution in [-0.2, 0) is 22.4 Å². The third-order valence-electron chi connectivity index (χ3n) is 9.65. The van der Waals surface area contributed by atoms with Gasteiger partial charge in [-0.1, -0.05) is 48.5 Å². The number of fused-ring (bicyclic) bond motifs is 2. The maximum Gasteiger partial charge on any atom is 0.516 e. The second-order valence-electron chi connectivity index (χ2n) is 13.9. The maximum atomic E-state index is 13.1. The minimum absolute atomic E-state index is 0.0134. The van der Waals surface area contributed by atoms with Gasteiger partial charge in [-0.05, 0) is 74.7 Å². The van der Waals surface area contributed by atoms with Crippen LogP contribution in [0.1, 0.15) is 85.7 Å². The Bertz CT molecular complexity index is 1990. The molecule has 7 rings (SSSR count). The lowest BCUT2D eigenvalue weighted by atomic mass is 9.85. The van der Waals surface area contributed by atoms with Crippen LogP contribution in [0.5, 0.6) is 0 Å². The molecule has 1 saturated heterocycles. The number of nitrogens with zero attached hydrogens (tertiary/aromatic N) is 8. The van der Waals surface area contributed by atoms with Crippen molar-refractivity contribution in [3.63, 3.8) is 0 Å². The number of amides is 2. The van der Waals surface area contributed by atoms with Crippen LogP contribution < -0.4 is 5.59 Å². The Morgan fingerprint density at radius 1 is 0.760 bits per heavy atom. The number of halogens is 1. The van der Waals surface area contributed by atoms with Crippen molar-refractivity contribution in [3.8, 4) is 0 Å². The Balaban J connectivity index is 0.000000182. The Morgan fingerprint density at radius 3 is 1.62 bits per heavy atom. The zero-order valence-corrected chi connectivity index (χ0v) is 30.5. The predicted octanol–water partition coefficient (Wildman–Crippen LogP) is 6.36. The number of rotatable bonds is 5. The van der Waals surface area contributed by atoms with Gasteiger partial charge in [0.1, 0.15) is 16.0 Å². The highest BCUT2D eigenvalue weighted by Crippen LogP contribution is 2.36. The van der Waals surface area contributed by atoms with Crippen molar-refractivity contribution < 1.29 is 18.9 Å². The lowest BCUT2D eigenvalue weighted by Gasteiger charge is -2.32. The predicted molar refractivity (Wildman–Crippen MR) is 192 cm³/mol. The summed E-state index contributed by atoms with van der Waals surface area (Å²) in [5, 5.41) is 8.94. The molecule has 0 bridgehead atoms. The van der Waals surface area contributed by atoms with Gasteiger partial charge in [-0.2, -0.15) is 10.2 Å². The maximum absolute atomic E-state index is 13.1. The molecule has 5 heterocycles. The van der Waals surface area contributed by atoms with E-state index in [2.05, 4.69) is 35.8 Å². The molecule has 3 aliphatic rings. The first-order valence-corrected chi connectivity index (χ1v) is 17.2. The minimum atomic E-state index is -0.590. The number of hydrogen-bond donors (Lipinski definition) is 0. The fourth-order valence-corrected chi connectivity index (χ4v) is 6.58. The summed E-state index contributed by atoms with van der Waals surface area (Å²) in [4.78, 5) is 36.0. The van der Waals surface area contributed by atoms with E-state index in [0.717, 1.165) is 11.1 Å². The van der Waals surface area contributed by atoms with Crippen LogP contribution in [0.4, 0.5) is 11.4 Å². The van der Waals surface area contributed by atoms with E-state index in [1.807, 2.05) is 75.6 Å². The molecule has 50 heavy (non-hydrogen) atoms. The standard InChI is InChI=1S/C21H25BN4O3.C15H13BrN4O/c1-14-12-25(13-15-7-9-16(23-6)10-8-15)19(27)17-11-18(24-26(14)17)22-28-20(2,3)21(4,5)29-22;1-10-8-19(9-11-3-5-12(17-2)6-4-11)15(21)13-7-14(16)18-20(10)13/h7-11,14H,12-13H2,1-5H3;3-7,10H,8-9H2,1H3/t14-;10-/m00/s1. The zero-order chi connectivity index (χ0) is 36.0. The van der Waals surface area contributed by atoms with E-state index in [1.165, 1.54) is 0 Å². The van der Waals surface area contributed by atoms with E-state index in [0.29, 0.717) is 59.1 Å². The second-order valence-corrected chi connectivity index (χ2v) is 14.7. The molecule has 0 saturated carbocycles.